The largest absolute Gasteiger partial charge is 0.481 e. The maximum Gasteiger partial charge on any atom is 0.417 e. The fraction of sp³-hybridized carbons (Fsp3) is 0.188. The first-order chi connectivity index (χ1) is 11.2. The van der Waals surface area contributed by atoms with Gasteiger partial charge in [0.1, 0.15) is 5.75 Å². The van der Waals surface area contributed by atoms with Gasteiger partial charge in [0.05, 0.1) is 10.6 Å². The maximum absolute atomic E-state index is 12.8. The predicted molar refractivity (Wildman–Crippen MR) is 89.3 cm³/mol. The number of ether oxygens (including phenoxy) is 1. The molecule has 0 unspecified atom stereocenters. The highest BCUT2D eigenvalue weighted by molar-refractivity contribution is 9.10. The van der Waals surface area contributed by atoms with E-state index in [9.17, 15) is 18.0 Å². The van der Waals surface area contributed by atoms with Crippen LogP contribution in [0.4, 0.5) is 18.9 Å². The average Bonchev–Trinajstić information content (AvgIpc) is 2.48. The lowest BCUT2D eigenvalue weighted by Gasteiger charge is -2.16. The van der Waals surface area contributed by atoms with Gasteiger partial charge in [-0.05, 0) is 43.3 Å². The maximum atomic E-state index is 12.8. The molecule has 0 fully saturated rings. The number of hydrogen-bond donors (Lipinski definition) is 1. The average molecular weight is 423 g/mol. The normalized spacial score (nSPS) is 12.6. The summed E-state index contributed by atoms with van der Waals surface area (Å²) in [5.74, 6) is -0.121. The fourth-order valence-corrected chi connectivity index (χ4v) is 2.47. The van der Waals surface area contributed by atoms with Crippen LogP contribution in [0.2, 0.25) is 5.02 Å². The van der Waals surface area contributed by atoms with Crippen LogP contribution >= 0.6 is 27.5 Å². The van der Waals surface area contributed by atoms with E-state index in [0.29, 0.717) is 5.75 Å². The lowest BCUT2D eigenvalue weighted by molar-refractivity contribution is -0.137. The molecular weight excluding hydrogens is 411 g/mol. The predicted octanol–water partition coefficient (Wildman–Crippen LogP) is 5.53. The Bertz CT molecular complexity index is 752. The Morgan fingerprint density at radius 2 is 1.96 bits per heavy atom. The highest BCUT2D eigenvalue weighted by atomic mass is 79.9. The number of hydrogen-bond acceptors (Lipinski definition) is 2. The Morgan fingerprint density at radius 3 is 2.58 bits per heavy atom. The zero-order chi connectivity index (χ0) is 17.9. The van der Waals surface area contributed by atoms with Crippen molar-refractivity contribution >= 4 is 39.1 Å². The molecule has 0 bridgehead atoms. The van der Waals surface area contributed by atoms with Crippen molar-refractivity contribution in [3.63, 3.8) is 0 Å². The quantitative estimate of drug-likeness (QED) is 0.704. The van der Waals surface area contributed by atoms with Gasteiger partial charge in [0.25, 0.3) is 5.91 Å². The van der Waals surface area contributed by atoms with E-state index in [1.54, 1.807) is 24.3 Å². The van der Waals surface area contributed by atoms with Crippen LogP contribution in [-0.2, 0) is 11.0 Å². The first kappa shape index (κ1) is 18.6. The zero-order valence-electron chi connectivity index (χ0n) is 12.3. The first-order valence-electron chi connectivity index (χ1n) is 6.76. The van der Waals surface area contributed by atoms with Crippen LogP contribution < -0.4 is 10.1 Å². The van der Waals surface area contributed by atoms with Gasteiger partial charge < -0.3 is 10.1 Å². The number of nitrogens with one attached hydrogen (secondary N) is 1. The van der Waals surface area contributed by atoms with E-state index >= 15 is 0 Å². The van der Waals surface area contributed by atoms with Crippen LogP contribution in [0.25, 0.3) is 0 Å². The summed E-state index contributed by atoms with van der Waals surface area (Å²) >= 11 is 8.82. The number of rotatable bonds is 4. The van der Waals surface area contributed by atoms with Crippen molar-refractivity contribution in [3.8, 4) is 5.75 Å². The molecule has 0 aliphatic carbocycles. The van der Waals surface area contributed by atoms with Crippen molar-refractivity contribution in [2.24, 2.45) is 0 Å². The lowest BCUT2D eigenvalue weighted by atomic mass is 10.2. The smallest absolute Gasteiger partial charge is 0.417 e. The molecule has 2 rings (SSSR count). The third-order valence-corrected chi connectivity index (χ3v) is 3.84. The minimum absolute atomic E-state index is 0.0126. The van der Waals surface area contributed by atoms with Gasteiger partial charge in [-0.3, -0.25) is 4.79 Å². The summed E-state index contributed by atoms with van der Waals surface area (Å²) < 4.78 is 44.7. The van der Waals surface area contributed by atoms with Gasteiger partial charge in [-0.15, -0.1) is 0 Å². The zero-order valence-corrected chi connectivity index (χ0v) is 14.7. The molecule has 0 saturated carbocycles. The molecule has 0 heterocycles. The van der Waals surface area contributed by atoms with Crippen LogP contribution in [0.1, 0.15) is 12.5 Å². The summed E-state index contributed by atoms with van der Waals surface area (Å²) in [6.45, 7) is 1.50. The van der Waals surface area contributed by atoms with Gasteiger partial charge in [0.2, 0.25) is 0 Å². The first-order valence-corrected chi connectivity index (χ1v) is 7.94. The summed E-state index contributed by atoms with van der Waals surface area (Å²) in [7, 11) is 0. The summed E-state index contributed by atoms with van der Waals surface area (Å²) in [6, 6.07) is 10.0. The Hall–Kier alpha value is -1.73. The van der Waals surface area contributed by atoms with Crippen LogP contribution in [0.3, 0.4) is 0 Å². The molecule has 1 N–H and O–H groups in total. The number of carbonyl (C=O) groups is 1. The molecule has 2 aromatic carbocycles. The van der Waals surface area contributed by atoms with Crippen molar-refractivity contribution in [3.05, 3.63) is 57.5 Å². The van der Waals surface area contributed by atoms with E-state index in [1.807, 2.05) is 0 Å². The van der Waals surface area contributed by atoms with Crippen LogP contribution in [-0.4, -0.2) is 12.0 Å². The Morgan fingerprint density at radius 1 is 1.25 bits per heavy atom. The van der Waals surface area contributed by atoms with Gasteiger partial charge in [-0.2, -0.15) is 13.2 Å². The lowest BCUT2D eigenvalue weighted by Crippen LogP contribution is -2.30. The molecule has 0 aromatic heterocycles. The second kappa shape index (κ2) is 7.44. The van der Waals surface area contributed by atoms with E-state index in [0.717, 1.165) is 16.6 Å². The number of amides is 1. The molecule has 0 aliphatic rings. The van der Waals surface area contributed by atoms with E-state index in [4.69, 9.17) is 16.3 Å². The van der Waals surface area contributed by atoms with Crippen LogP contribution in [0, 0.1) is 0 Å². The van der Waals surface area contributed by atoms with Gasteiger partial charge in [0.15, 0.2) is 6.10 Å². The number of carbonyl (C=O) groups excluding carboxylic acids is 1. The van der Waals surface area contributed by atoms with E-state index in [-0.39, 0.29) is 5.69 Å². The van der Waals surface area contributed by atoms with E-state index in [2.05, 4.69) is 21.2 Å². The molecule has 0 saturated heterocycles. The molecule has 1 atom stereocenters. The highest BCUT2D eigenvalue weighted by Crippen LogP contribution is 2.36. The van der Waals surface area contributed by atoms with Gasteiger partial charge in [0, 0.05) is 10.2 Å². The molecule has 1 amide bonds. The Kier molecular flexibility index (Phi) is 5.77. The minimum atomic E-state index is -4.60. The molecule has 0 radical (unpaired) electrons. The second-order valence-corrected chi connectivity index (χ2v) is 6.22. The molecule has 0 aliphatic heterocycles. The summed E-state index contributed by atoms with van der Waals surface area (Å²) in [6.07, 6.45) is -5.50. The summed E-state index contributed by atoms with van der Waals surface area (Å²) in [5.41, 5.74) is -1.02. The topological polar surface area (TPSA) is 38.3 Å². The molecule has 8 heteroatoms. The van der Waals surface area contributed by atoms with Crippen molar-refractivity contribution in [2.75, 3.05) is 5.32 Å². The van der Waals surface area contributed by atoms with Crippen LogP contribution in [0.5, 0.6) is 5.75 Å². The number of halogens is 5. The third-order valence-electron chi connectivity index (χ3n) is 3.02. The molecule has 24 heavy (non-hydrogen) atoms. The highest BCUT2D eigenvalue weighted by Gasteiger charge is 2.33. The van der Waals surface area contributed by atoms with Crippen molar-refractivity contribution < 1.29 is 22.7 Å². The van der Waals surface area contributed by atoms with Crippen molar-refractivity contribution in [2.45, 2.75) is 19.2 Å². The molecule has 0 spiro atoms. The van der Waals surface area contributed by atoms with Gasteiger partial charge >= 0.3 is 6.18 Å². The van der Waals surface area contributed by atoms with E-state index < -0.39 is 28.8 Å². The van der Waals surface area contributed by atoms with Gasteiger partial charge in [-0.25, -0.2) is 0 Å². The molecule has 2 aromatic rings. The monoisotopic (exact) mass is 421 g/mol. The fourth-order valence-electron chi connectivity index (χ4n) is 1.86. The number of benzene rings is 2. The number of anilines is 1. The Labute approximate surface area is 149 Å². The standard InChI is InChI=1S/C16H12BrClF3NO2/c1-9(24-12-4-2-3-10(17)7-12)15(23)22-11-5-6-14(18)13(8-11)16(19,20)21/h2-9H,1H3,(H,22,23)/t9-/m0/s1. The SMILES string of the molecule is C[C@H](Oc1cccc(Br)c1)C(=O)Nc1ccc(Cl)c(C(F)(F)F)c1. The van der Waals surface area contributed by atoms with E-state index in [1.165, 1.54) is 13.0 Å². The van der Waals surface area contributed by atoms with Crippen LogP contribution in [0.15, 0.2) is 46.9 Å². The van der Waals surface area contributed by atoms with Crippen molar-refractivity contribution in [1.82, 2.24) is 0 Å². The number of alkyl halides is 3. The van der Waals surface area contributed by atoms with Gasteiger partial charge in [-0.1, -0.05) is 33.6 Å². The Balaban J connectivity index is 2.09. The molecule has 3 nitrogen and oxygen atoms in total. The third kappa shape index (κ3) is 4.88. The summed E-state index contributed by atoms with van der Waals surface area (Å²) in [4.78, 5) is 12.1. The molecule has 128 valence electrons. The minimum Gasteiger partial charge on any atom is -0.481 e. The summed E-state index contributed by atoms with van der Waals surface area (Å²) in [5, 5.41) is 1.95. The van der Waals surface area contributed by atoms with Crippen molar-refractivity contribution in [1.29, 1.82) is 0 Å². The molecular formula is C16H12BrClF3NO2. The second-order valence-electron chi connectivity index (χ2n) is 4.90.